The van der Waals surface area contributed by atoms with E-state index in [1.807, 2.05) is 13.8 Å². The fourth-order valence-corrected chi connectivity index (χ4v) is 3.56. The summed E-state index contributed by atoms with van der Waals surface area (Å²) in [5.41, 5.74) is 3.34. The van der Waals surface area contributed by atoms with E-state index in [9.17, 15) is 5.26 Å². The van der Waals surface area contributed by atoms with Crippen LogP contribution >= 0.6 is 11.3 Å². The van der Waals surface area contributed by atoms with Gasteiger partial charge in [-0.2, -0.15) is 10.4 Å². The van der Waals surface area contributed by atoms with Crippen molar-refractivity contribution in [1.29, 1.82) is 5.26 Å². The Morgan fingerprint density at radius 2 is 2.09 bits per heavy atom. The highest BCUT2D eigenvalue weighted by Crippen LogP contribution is 2.24. The summed E-state index contributed by atoms with van der Waals surface area (Å²) in [5, 5.41) is 23.9. The average molecular weight is 328 g/mol. The van der Waals surface area contributed by atoms with Gasteiger partial charge in [0.15, 0.2) is 10.9 Å². The van der Waals surface area contributed by atoms with E-state index in [2.05, 4.69) is 31.9 Å². The largest absolute Gasteiger partial charge is 0.367 e. The molecule has 0 atom stereocenters. The van der Waals surface area contributed by atoms with Gasteiger partial charge in [0.25, 0.3) is 0 Å². The monoisotopic (exact) mass is 328 g/mol. The van der Waals surface area contributed by atoms with Crippen molar-refractivity contribution in [1.82, 2.24) is 15.2 Å². The van der Waals surface area contributed by atoms with Gasteiger partial charge in [0.2, 0.25) is 0 Å². The molecule has 1 aliphatic rings. The first-order valence-corrected chi connectivity index (χ1v) is 8.74. The summed E-state index contributed by atoms with van der Waals surface area (Å²) < 4.78 is 0. The molecule has 3 heterocycles. The van der Waals surface area contributed by atoms with Crippen molar-refractivity contribution in [3.8, 4) is 6.07 Å². The van der Waals surface area contributed by atoms with Gasteiger partial charge in [0.1, 0.15) is 11.6 Å². The van der Waals surface area contributed by atoms with Crippen LogP contribution in [0.25, 0.3) is 0 Å². The normalized spacial score (nSPS) is 14.0. The minimum atomic E-state index is 0.561. The van der Waals surface area contributed by atoms with E-state index in [4.69, 9.17) is 4.98 Å². The number of rotatable bonds is 5. The van der Waals surface area contributed by atoms with Crippen LogP contribution in [0.1, 0.15) is 35.4 Å². The van der Waals surface area contributed by atoms with Crippen LogP contribution in [-0.2, 0) is 6.42 Å². The number of thiazole rings is 1. The molecule has 2 aromatic heterocycles. The van der Waals surface area contributed by atoms with Crippen LogP contribution < -0.4 is 10.2 Å². The second-order valence-corrected chi connectivity index (χ2v) is 6.57. The molecule has 7 heteroatoms. The second kappa shape index (κ2) is 6.92. The first kappa shape index (κ1) is 15.7. The molecule has 0 unspecified atom stereocenters. The fraction of sp³-hybridized carbons (Fsp3) is 0.500. The van der Waals surface area contributed by atoms with Gasteiger partial charge in [-0.1, -0.05) is 0 Å². The minimum Gasteiger partial charge on any atom is -0.367 e. The molecule has 0 saturated carbocycles. The van der Waals surface area contributed by atoms with Gasteiger partial charge >= 0.3 is 0 Å². The Morgan fingerprint density at radius 3 is 2.83 bits per heavy atom. The molecule has 0 aromatic carbocycles. The molecule has 6 nitrogen and oxygen atoms in total. The van der Waals surface area contributed by atoms with Gasteiger partial charge in [-0.3, -0.25) is 0 Å². The lowest BCUT2D eigenvalue weighted by atomic mass is 10.1. The van der Waals surface area contributed by atoms with Crippen LogP contribution in [0.15, 0.2) is 5.38 Å². The lowest BCUT2D eigenvalue weighted by molar-refractivity contribution is 0.905. The Hall–Kier alpha value is -2.20. The maximum Gasteiger partial charge on any atom is 0.185 e. The molecule has 0 bridgehead atoms. The molecule has 0 radical (unpaired) electrons. The summed E-state index contributed by atoms with van der Waals surface area (Å²) in [6.45, 7) is 6.69. The van der Waals surface area contributed by atoms with Crippen LogP contribution in [-0.4, -0.2) is 34.8 Å². The molecular formula is C16H20N6S. The molecule has 1 fully saturated rings. The van der Waals surface area contributed by atoms with E-state index < -0.39 is 0 Å². The molecular weight excluding hydrogens is 308 g/mol. The van der Waals surface area contributed by atoms with Crippen LogP contribution in [0, 0.1) is 25.2 Å². The van der Waals surface area contributed by atoms with Gasteiger partial charge in [0, 0.05) is 31.4 Å². The van der Waals surface area contributed by atoms with Gasteiger partial charge in [-0.25, -0.2) is 4.98 Å². The van der Waals surface area contributed by atoms with Crippen molar-refractivity contribution in [2.24, 2.45) is 0 Å². The predicted molar refractivity (Wildman–Crippen MR) is 92.0 cm³/mol. The van der Waals surface area contributed by atoms with Crippen LogP contribution in [0.3, 0.4) is 0 Å². The van der Waals surface area contributed by atoms with Crippen LogP contribution in [0.5, 0.6) is 0 Å². The zero-order valence-corrected chi connectivity index (χ0v) is 14.3. The number of nitrogens with one attached hydrogen (secondary N) is 1. The zero-order valence-electron chi connectivity index (χ0n) is 13.5. The second-order valence-electron chi connectivity index (χ2n) is 5.74. The first-order valence-electron chi connectivity index (χ1n) is 7.86. The molecule has 0 amide bonds. The molecule has 2 aromatic rings. The number of aryl methyl sites for hydroxylation is 1. The SMILES string of the molecule is Cc1nnc(NCCc2csc(N3CCCC3)n2)c(C#N)c1C. The Kier molecular flexibility index (Phi) is 4.72. The third kappa shape index (κ3) is 3.42. The van der Waals surface area contributed by atoms with Gasteiger partial charge in [-0.15, -0.1) is 16.4 Å². The van der Waals surface area contributed by atoms with Gasteiger partial charge < -0.3 is 10.2 Å². The molecule has 23 heavy (non-hydrogen) atoms. The Morgan fingerprint density at radius 1 is 1.30 bits per heavy atom. The summed E-state index contributed by atoms with van der Waals surface area (Å²) in [4.78, 5) is 7.05. The third-order valence-corrected chi connectivity index (χ3v) is 5.11. The number of hydrogen-bond donors (Lipinski definition) is 1. The number of hydrogen-bond acceptors (Lipinski definition) is 7. The number of aromatic nitrogens is 3. The Bertz CT molecular complexity index is 727. The maximum absolute atomic E-state index is 9.29. The summed E-state index contributed by atoms with van der Waals surface area (Å²) in [6, 6.07) is 2.21. The van der Waals surface area contributed by atoms with Crippen molar-refractivity contribution in [3.63, 3.8) is 0 Å². The molecule has 3 rings (SSSR count). The predicted octanol–water partition coefficient (Wildman–Crippen LogP) is 2.68. The maximum atomic E-state index is 9.29. The van der Waals surface area contributed by atoms with Crippen LogP contribution in [0.2, 0.25) is 0 Å². The third-order valence-electron chi connectivity index (χ3n) is 4.16. The van der Waals surface area contributed by atoms with Crippen molar-refractivity contribution < 1.29 is 0 Å². The molecule has 120 valence electrons. The lowest BCUT2D eigenvalue weighted by Gasteiger charge is -2.12. The van der Waals surface area contributed by atoms with Crippen molar-refractivity contribution in [3.05, 3.63) is 27.9 Å². The fourth-order valence-electron chi connectivity index (χ4n) is 2.64. The quantitative estimate of drug-likeness (QED) is 0.909. The molecule has 1 aliphatic heterocycles. The topological polar surface area (TPSA) is 77.7 Å². The molecule has 1 N–H and O–H groups in total. The summed E-state index contributed by atoms with van der Waals surface area (Å²) >= 11 is 1.71. The first-order chi connectivity index (χ1) is 11.2. The standard InChI is InChI=1S/C16H20N6S/c1-11-12(2)20-21-15(14(11)9-17)18-6-5-13-10-23-16(19-13)22-7-3-4-8-22/h10H,3-8H2,1-2H3,(H,18,21). The zero-order chi connectivity index (χ0) is 16.2. The van der Waals surface area contributed by atoms with Gasteiger partial charge in [-0.05, 0) is 32.3 Å². The summed E-state index contributed by atoms with van der Waals surface area (Å²) in [5.74, 6) is 0.561. The van der Waals surface area contributed by atoms with Crippen molar-refractivity contribution >= 4 is 22.3 Å². The van der Waals surface area contributed by atoms with E-state index in [-0.39, 0.29) is 0 Å². The average Bonchev–Trinajstić information content (AvgIpc) is 3.22. The van der Waals surface area contributed by atoms with E-state index in [1.165, 1.54) is 12.8 Å². The summed E-state index contributed by atoms with van der Waals surface area (Å²) in [6.07, 6.45) is 3.33. The minimum absolute atomic E-state index is 0.561. The number of nitrogens with zero attached hydrogens (tertiary/aromatic N) is 5. The van der Waals surface area contributed by atoms with Crippen LogP contribution in [0.4, 0.5) is 10.9 Å². The number of nitriles is 1. The molecule has 0 spiro atoms. The summed E-state index contributed by atoms with van der Waals surface area (Å²) in [7, 11) is 0. The van der Waals surface area contributed by atoms with E-state index in [1.54, 1.807) is 11.3 Å². The smallest absolute Gasteiger partial charge is 0.185 e. The Labute approximate surface area is 140 Å². The van der Waals surface area contributed by atoms with Crippen molar-refractivity contribution in [2.45, 2.75) is 33.1 Å². The van der Waals surface area contributed by atoms with E-state index in [0.717, 1.165) is 41.6 Å². The van der Waals surface area contributed by atoms with E-state index >= 15 is 0 Å². The molecule has 1 saturated heterocycles. The van der Waals surface area contributed by atoms with Crippen molar-refractivity contribution in [2.75, 3.05) is 29.9 Å². The number of anilines is 2. The highest BCUT2D eigenvalue weighted by atomic mass is 32.1. The highest BCUT2D eigenvalue weighted by Gasteiger charge is 2.15. The Balaban J connectivity index is 1.60. The van der Waals surface area contributed by atoms with E-state index in [0.29, 0.717) is 17.9 Å². The highest BCUT2D eigenvalue weighted by molar-refractivity contribution is 7.13. The lowest BCUT2D eigenvalue weighted by Crippen LogP contribution is -2.17. The van der Waals surface area contributed by atoms with Gasteiger partial charge in [0.05, 0.1) is 11.4 Å². The molecule has 0 aliphatic carbocycles.